The molecule has 1 heterocycles. The quantitative estimate of drug-likeness (QED) is 0.655. The highest BCUT2D eigenvalue weighted by molar-refractivity contribution is 5.81. The summed E-state index contributed by atoms with van der Waals surface area (Å²) >= 11 is 0. The Balaban J connectivity index is 2.51. The van der Waals surface area contributed by atoms with Gasteiger partial charge < -0.3 is 10.2 Å². The Morgan fingerprint density at radius 2 is 2.13 bits per heavy atom. The van der Waals surface area contributed by atoms with Crippen molar-refractivity contribution in [3.63, 3.8) is 0 Å². The largest absolute Gasteiger partial charge is 0.322 e. The lowest BCUT2D eigenvalue weighted by molar-refractivity contribution is 0.168. The number of hydroxylamine groups is 1. The van der Waals surface area contributed by atoms with Gasteiger partial charge in [-0.2, -0.15) is 0 Å². The van der Waals surface area contributed by atoms with E-state index in [0.717, 1.165) is 22.9 Å². The molecule has 0 spiro atoms. The summed E-state index contributed by atoms with van der Waals surface area (Å²) in [5.41, 5.74) is 3.96. The molecule has 4 heteroatoms. The maximum atomic E-state index is 11.1. The van der Waals surface area contributed by atoms with E-state index in [9.17, 15) is 4.79 Å². The molecule has 0 fully saturated rings. The first-order valence-corrected chi connectivity index (χ1v) is 4.79. The molecule has 2 aromatic rings. The summed E-state index contributed by atoms with van der Waals surface area (Å²) in [5, 5.41) is 9.56. The van der Waals surface area contributed by atoms with Crippen molar-refractivity contribution in [3.05, 3.63) is 46.2 Å². The van der Waals surface area contributed by atoms with Gasteiger partial charge in [-0.25, -0.2) is 5.48 Å². The Bertz CT molecular complexity index is 519. The van der Waals surface area contributed by atoms with Crippen molar-refractivity contribution in [2.75, 3.05) is 6.54 Å². The second-order valence-electron chi connectivity index (χ2n) is 3.36. The highest BCUT2D eigenvalue weighted by Gasteiger charge is 2.00. The minimum Gasteiger partial charge on any atom is -0.322 e. The summed E-state index contributed by atoms with van der Waals surface area (Å²) in [6.45, 7) is 0.498. The Morgan fingerprint density at radius 1 is 1.27 bits per heavy atom. The third-order valence-electron chi connectivity index (χ3n) is 2.36. The van der Waals surface area contributed by atoms with Gasteiger partial charge in [-0.1, -0.05) is 12.1 Å². The molecule has 0 saturated carbocycles. The maximum absolute atomic E-state index is 11.1. The van der Waals surface area contributed by atoms with Crippen molar-refractivity contribution >= 4 is 10.9 Å². The summed E-state index contributed by atoms with van der Waals surface area (Å²) in [6.07, 6.45) is 0.722. The number of H-pyrrole nitrogens is 1. The molecular formula is C11H12N2O2. The van der Waals surface area contributed by atoms with Gasteiger partial charge >= 0.3 is 0 Å². The third-order valence-corrected chi connectivity index (χ3v) is 2.36. The van der Waals surface area contributed by atoms with E-state index in [-0.39, 0.29) is 5.56 Å². The van der Waals surface area contributed by atoms with Crippen molar-refractivity contribution in [1.29, 1.82) is 0 Å². The molecule has 1 aromatic heterocycles. The van der Waals surface area contributed by atoms with E-state index in [2.05, 4.69) is 10.5 Å². The third kappa shape index (κ3) is 2.06. The molecule has 2 rings (SSSR count). The number of rotatable bonds is 3. The summed E-state index contributed by atoms with van der Waals surface area (Å²) in [7, 11) is 0. The first-order chi connectivity index (χ1) is 7.31. The summed E-state index contributed by atoms with van der Waals surface area (Å²) in [5.74, 6) is 0. The molecular weight excluding hydrogens is 192 g/mol. The first kappa shape index (κ1) is 9.89. The van der Waals surface area contributed by atoms with Gasteiger partial charge in [-0.3, -0.25) is 4.79 Å². The van der Waals surface area contributed by atoms with E-state index in [1.54, 1.807) is 6.07 Å². The van der Waals surface area contributed by atoms with Gasteiger partial charge in [0.1, 0.15) is 0 Å². The average Bonchev–Trinajstić information content (AvgIpc) is 2.25. The van der Waals surface area contributed by atoms with Crippen LogP contribution in [0.1, 0.15) is 5.56 Å². The summed E-state index contributed by atoms with van der Waals surface area (Å²) in [6, 6.07) is 9.06. The molecule has 0 radical (unpaired) electrons. The Kier molecular flexibility index (Phi) is 2.80. The van der Waals surface area contributed by atoms with Crippen LogP contribution in [-0.4, -0.2) is 16.7 Å². The van der Waals surface area contributed by atoms with Crippen LogP contribution in [0.2, 0.25) is 0 Å². The lowest BCUT2D eigenvalue weighted by atomic mass is 10.1. The molecule has 3 N–H and O–H groups in total. The average molecular weight is 204 g/mol. The first-order valence-electron chi connectivity index (χ1n) is 4.79. The molecule has 15 heavy (non-hydrogen) atoms. The predicted octanol–water partition coefficient (Wildman–Crippen LogP) is 1.05. The van der Waals surface area contributed by atoms with Crippen molar-refractivity contribution < 1.29 is 5.21 Å². The molecule has 0 aliphatic rings. The zero-order valence-corrected chi connectivity index (χ0v) is 8.16. The molecule has 0 saturated heterocycles. The Hall–Kier alpha value is -1.65. The number of nitrogens with one attached hydrogen (secondary N) is 2. The fourth-order valence-electron chi connectivity index (χ4n) is 1.66. The second-order valence-corrected chi connectivity index (χ2v) is 3.36. The fraction of sp³-hybridized carbons (Fsp3) is 0.182. The standard InChI is InChI=1S/C11H12N2O2/c14-11-5-4-9-8(6-7-12-15)2-1-3-10(9)13-11/h1-5,12,15H,6-7H2,(H,13,14). The van der Waals surface area contributed by atoms with E-state index in [0.29, 0.717) is 6.54 Å². The Labute approximate surface area is 86.5 Å². The molecule has 0 aliphatic carbocycles. The topological polar surface area (TPSA) is 65.1 Å². The smallest absolute Gasteiger partial charge is 0.248 e. The number of hydrogen-bond donors (Lipinski definition) is 3. The molecule has 0 amide bonds. The van der Waals surface area contributed by atoms with Crippen LogP contribution in [0.3, 0.4) is 0 Å². The molecule has 0 unspecified atom stereocenters. The summed E-state index contributed by atoms with van der Waals surface area (Å²) in [4.78, 5) is 13.9. The SMILES string of the molecule is O=c1ccc2c(CCNO)cccc2[nH]1. The van der Waals surface area contributed by atoms with Crippen LogP contribution in [0.15, 0.2) is 35.1 Å². The van der Waals surface area contributed by atoms with E-state index >= 15 is 0 Å². The molecule has 0 aliphatic heterocycles. The van der Waals surface area contributed by atoms with Crippen LogP contribution in [0.4, 0.5) is 0 Å². The van der Waals surface area contributed by atoms with Crippen molar-refractivity contribution in [1.82, 2.24) is 10.5 Å². The number of pyridine rings is 1. The zero-order valence-electron chi connectivity index (χ0n) is 8.16. The maximum Gasteiger partial charge on any atom is 0.248 e. The van der Waals surface area contributed by atoms with Gasteiger partial charge in [0.25, 0.3) is 0 Å². The van der Waals surface area contributed by atoms with Crippen molar-refractivity contribution in [3.8, 4) is 0 Å². The fourth-order valence-corrected chi connectivity index (χ4v) is 1.66. The van der Waals surface area contributed by atoms with Gasteiger partial charge in [0.15, 0.2) is 0 Å². The van der Waals surface area contributed by atoms with Gasteiger partial charge in [0.05, 0.1) is 0 Å². The van der Waals surface area contributed by atoms with Gasteiger partial charge in [-0.15, -0.1) is 0 Å². The predicted molar refractivity (Wildman–Crippen MR) is 58.1 cm³/mol. The Morgan fingerprint density at radius 3 is 2.93 bits per heavy atom. The normalized spacial score (nSPS) is 10.7. The van der Waals surface area contributed by atoms with Crippen LogP contribution >= 0.6 is 0 Å². The van der Waals surface area contributed by atoms with Crippen molar-refractivity contribution in [2.24, 2.45) is 0 Å². The van der Waals surface area contributed by atoms with Gasteiger partial charge in [0.2, 0.25) is 5.56 Å². The van der Waals surface area contributed by atoms with E-state index in [4.69, 9.17) is 5.21 Å². The van der Waals surface area contributed by atoms with Crippen LogP contribution in [0.5, 0.6) is 0 Å². The zero-order chi connectivity index (χ0) is 10.7. The minimum absolute atomic E-state index is 0.0973. The lowest BCUT2D eigenvalue weighted by Gasteiger charge is -2.04. The molecule has 0 atom stereocenters. The van der Waals surface area contributed by atoms with Gasteiger partial charge in [0, 0.05) is 23.5 Å². The van der Waals surface area contributed by atoms with E-state index < -0.39 is 0 Å². The van der Waals surface area contributed by atoms with E-state index in [1.807, 2.05) is 18.2 Å². The molecule has 4 nitrogen and oxygen atoms in total. The highest BCUT2D eigenvalue weighted by Crippen LogP contribution is 2.15. The highest BCUT2D eigenvalue weighted by atomic mass is 16.5. The summed E-state index contributed by atoms with van der Waals surface area (Å²) < 4.78 is 0. The number of benzene rings is 1. The minimum atomic E-state index is -0.0973. The second kappa shape index (κ2) is 4.25. The van der Waals surface area contributed by atoms with E-state index in [1.165, 1.54) is 6.07 Å². The number of aromatic amines is 1. The molecule has 1 aromatic carbocycles. The molecule has 0 bridgehead atoms. The van der Waals surface area contributed by atoms with Gasteiger partial charge in [-0.05, 0) is 24.1 Å². The van der Waals surface area contributed by atoms with Crippen LogP contribution < -0.4 is 11.0 Å². The number of fused-ring (bicyclic) bond motifs is 1. The molecule has 78 valence electrons. The van der Waals surface area contributed by atoms with Crippen LogP contribution in [0, 0.1) is 0 Å². The lowest BCUT2D eigenvalue weighted by Crippen LogP contribution is -2.11. The van der Waals surface area contributed by atoms with Crippen LogP contribution in [-0.2, 0) is 6.42 Å². The van der Waals surface area contributed by atoms with Crippen LogP contribution in [0.25, 0.3) is 10.9 Å². The monoisotopic (exact) mass is 204 g/mol. The number of aromatic nitrogens is 1. The van der Waals surface area contributed by atoms with Crippen molar-refractivity contribution in [2.45, 2.75) is 6.42 Å². The number of hydrogen-bond acceptors (Lipinski definition) is 3.